The van der Waals surface area contributed by atoms with Crippen LogP contribution in [0, 0.1) is 0 Å². The molecule has 0 unspecified atom stereocenters. The molecular weight excluding hydrogens is 344 g/mol. The molecule has 7 nitrogen and oxygen atoms in total. The highest BCUT2D eigenvalue weighted by atomic mass is 16.4. The number of carbonyl (C=O) groups excluding carboxylic acids is 1. The summed E-state index contributed by atoms with van der Waals surface area (Å²) < 4.78 is 3.61. The van der Waals surface area contributed by atoms with Crippen LogP contribution in [0.4, 0.5) is 0 Å². The molecule has 7 heteroatoms. The van der Waals surface area contributed by atoms with Crippen LogP contribution < -0.4 is 0 Å². The van der Waals surface area contributed by atoms with Crippen molar-refractivity contribution in [3.05, 3.63) is 97.1 Å². The van der Waals surface area contributed by atoms with Crippen molar-refractivity contribution in [3.8, 4) is 11.4 Å². The summed E-state index contributed by atoms with van der Waals surface area (Å²) in [5.74, 6) is -0.924. The highest BCUT2D eigenvalue weighted by Crippen LogP contribution is 2.10. The molecule has 0 aliphatic carbocycles. The van der Waals surface area contributed by atoms with Gasteiger partial charge in [-0.1, -0.05) is 18.2 Å². The molecule has 4 aromatic rings. The lowest BCUT2D eigenvalue weighted by atomic mass is 10.2. The number of carbonyl (C=O) groups is 2. The number of aromatic nitrogens is 4. The molecule has 0 amide bonds. The van der Waals surface area contributed by atoms with Gasteiger partial charge in [-0.25, -0.2) is 14.8 Å². The van der Waals surface area contributed by atoms with Crippen LogP contribution in [0.2, 0.25) is 0 Å². The smallest absolute Gasteiger partial charge is 0.335 e. The number of hydrogen-bond donors (Lipinski definition) is 1. The Morgan fingerprint density at radius 2 is 1.48 bits per heavy atom. The first-order valence-electron chi connectivity index (χ1n) is 8.02. The highest BCUT2D eigenvalue weighted by molar-refractivity contribution is 5.88. The fourth-order valence-corrected chi connectivity index (χ4v) is 2.38. The van der Waals surface area contributed by atoms with E-state index in [4.69, 9.17) is 5.11 Å². The summed E-state index contributed by atoms with van der Waals surface area (Å²) in [5, 5.41) is 8.78. The van der Waals surface area contributed by atoms with Crippen molar-refractivity contribution in [2.75, 3.05) is 0 Å². The van der Waals surface area contributed by atoms with E-state index in [0.29, 0.717) is 5.56 Å². The van der Waals surface area contributed by atoms with Crippen molar-refractivity contribution < 1.29 is 14.7 Å². The van der Waals surface area contributed by atoms with Gasteiger partial charge in [0.15, 0.2) is 0 Å². The van der Waals surface area contributed by atoms with Crippen LogP contribution in [0.25, 0.3) is 11.4 Å². The molecule has 0 aliphatic rings. The normalized spacial score (nSPS) is 9.93. The second-order valence-electron chi connectivity index (χ2n) is 5.51. The first-order chi connectivity index (χ1) is 13.2. The molecular formula is C20H16N4O3. The zero-order chi connectivity index (χ0) is 19.1. The fraction of sp³-hybridized carbons (Fsp3) is 0. The first-order valence-corrected chi connectivity index (χ1v) is 8.02. The van der Waals surface area contributed by atoms with Crippen molar-refractivity contribution in [1.82, 2.24) is 19.1 Å². The Kier molecular flexibility index (Phi) is 5.54. The van der Waals surface area contributed by atoms with Gasteiger partial charge in [-0.05, 0) is 30.3 Å². The summed E-state index contributed by atoms with van der Waals surface area (Å²) in [6.45, 7) is 0. The molecule has 0 fully saturated rings. The minimum Gasteiger partial charge on any atom is -0.478 e. The van der Waals surface area contributed by atoms with Gasteiger partial charge < -0.3 is 14.2 Å². The molecule has 0 atom stereocenters. The Bertz CT molecular complexity index is 1030. The zero-order valence-electron chi connectivity index (χ0n) is 14.2. The first kappa shape index (κ1) is 17.8. The van der Waals surface area contributed by atoms with E-state index in [2.05, 4.69) is 9.97 Å². The minimum absolute atomic E-state index is 0.274. The summed E-state index contributed by atoms with van der Waals surface area (Å²) in [7, 11) is 0. The maximum atomic E-state index is 10.7. The molecule has 2 aromatic carbocycles. The maximum Gasteiger partial charge on any atom is 0.335 e. The molecule has 27 heavy (non-hydrogen) atoms. The third kappa shape index (κ3) is 4.55. The van der Waals surface area contributed by atoms with E-state index in [1.165, 1.54) is 0 Å². The number of imidazole rings is 2. The average Bonchev–Trinajstić information content (AvgIpc) is 3.42. The topological polar surface area (TPSA) is 90.0 Å². The van der Waals surface area contributed by atoms with E-state index in [0.717, 1.165) is 17.7 Å². The van der Waals surface area contributed by atoms with Crippen molar-refractivity contribution in [2.45, 2.75) is 0 Å². The van der Waals surface area contributed by atoms with Gasteiger partial charge in [-0.3, -0.25) is 4.79 Å². The third-order valence-electron chi connectivity index (χ3n) is 3.70. The second kappa shape index (κ2) is 8.39. The zero-order valence-corrected chi connectivity index (χ0v) is 14.2. The quantitative estimate of drug-likeness (QED) is 0.564. The molecule has 4 rings (SSSR count). The fourth-order valence-electron chi connectivity index (χ4n) is 2.38. The van der Waals surface area contributed by atoms with E-state index >= 15 is 0 Å². The van der Waals surface area contributed by atoms with Crippen LogP contribution in [0.1, 0.15) is 20.7 Å². The summed E-state index contributed by atoms with van der Waals surface area (Å²) in [5.41, 5.74) is 2.69. The molecule has 0 saturated carbocycles. The number of aromatic carboxylic acids is 1. The van der Waals surface area contributed by atoms with E-state index in [9.17, 15) is 9.59 Å². The summed E-state index contributed by atoms with van der Waals surface area (Å²) in [6.07, 6.45) is 11.1. The van der Waals surface area contributed by atoms with Crippen LogP contribution in [0.3, 0.4) is 0 Å². The number of aldehydes is 1. The van der Waals surface area contributed by atoms with Gasteiger partial charge in [0, 0.05) is 41.7 Å². The molecule has 2 heterocycles. The van der Waals surface area contributed by atoms with Gasteiger partial charge in [0.05, 0.1) is 18.2 Å². The van der Waals surface area contributed by atoms with Crippen LogP contribution in [0.15, 0.2) is 86.0 Å². The van der Waals surface area contributed by atoms with Crippen molar-refractivity contribution in [3.63, 3.8) is 0 Å². The van der Waals surface area contributed by atoms with Crippen LogP contribution in [-0.2, 0) is 0 Å². The Hall–Kier alpha value is -4.00. The number of benzene rings is 2. The molecule has 0 spiro atoms. The van der Waals surface area contributed by atoms with Gasteiger partial charge >= 0.3 is 5.97 Å². The van der Waals surface area contributed by atoms with E-state index < -0.39 is 5.97 Å². The van der Waals surface area contributed by atoms with Crippen molar-refractivity contribution >= 4 is 12.3 Å². The standard InChI is InChI=1S/C10H8N2O2.C10H8N2O/c13-10(14)8-2-1-3-9(6-8)12-5-4-11-7-12;13-7-9-2-1-3-10(6-9)12-5-4-11-8-12/h1-7H,(H,13,14);1-8H. The lowest BCUT2D eigenvalue weighted by Gasteiger charge is -2.02. The van der Waals surface area contributed by atoms with Crippen LogP contribution in [-0.4, -0.2) is 36.5 Å². The van der Waals surface area contributed by atoms with Gasteiger partial charge in [0.1, 0.15) is 6.29 Å². The number of rotatable bonds is 4. The Morgan fingerprint density at radius 1 is 0.889 bits per heavy atom. The molecule has 0 radical (unpaired) electrons. The van der Waals surface area contributed by atoms with Crippen LogP contribution >= 0.6 is 0 Å². The highest BCUT2D eigenvalue weighted by Gasteiger charge is 2.03. The number of carboxylic acid groups (broad SMARTS) is 1. The molecule has 0 bridgehead atoms. The largest absolute Gasteiger partial charge is 0.478 e. The lowest BCUT2D eigenvalue weighted by molar-refractivity contribution is 0.0696. The van der Waals surface area contributed by atoms with Crippen LogP contribution in [0.5, 0.6) is 0 Å². The van der Waals surface area contributed by atoms with E-state index in [-0.39, 0.29) is 5.56 Å². The molecule has 2 aromatic heterocycles. The van der Waals surface area contributed by atoms with Gasteiger partial charge in [0.25, 0.3) is 0 Å². The average molecular weight is 360 g/mol. The van der Waals surface area contributed by atoms with E-state index in [1.807, 2.05) is 35.0 Å². The summed E-state index contributed by atoms with van der Waals surface area (Å²) >= 11 is 0. The molecule has 1 N–H and O–H groups in total. The predicted octanol–water partition coefficient (Wildman–Crippen LogP) is 3.26. The van der Waals surface area contributed by atoms with Gasteiger partial charge in [0.2, 0.25) is 0 Å². The van der Waals surface area contributed by atoms with Crippen molar-refractivity contribution in [2.24, 2.45) is 0 Å². The SMILES string of the molecule is O=C(O)c1cccc(-n2ccnc2)c1.O=Cc1cccc(-n2ccnc2)c1. The van der Waals surface area contributed by atoms with E-state index in [1.54, 1.807) is 60.1 Å². The molecule has 0 aliphatic heterocycles. The predicted molar refractivity (Wildman–Crippen MR) is 99.5 cm³/mol. The number of carboxylic acids is 1. The lowest BCUT2D eigenvalue weighted by Crippen LogP contribution is -1.98. The maximum absolute atomic E-state index is 10.7. The van der Waals surface area contributed by atoms with Crippen molar-refractivity contribution in [1.29, 1.82) is 0 Å². The molecule has 134 valence electrons. The Balaban J connectivity index is 0.000000156. The summed E-state index contributed by atoms with van der Waals surface area (Å²) in [6, 6.07) is 14.1. The monoisotopic (exact) mass is 360 g/mol. The Labute approximate surface area is 155 Å². The molecule has 0 saturated heterocycles. The number of nitrogens with zero attached hydrogens (tertiary/aromatic N) is 4. The number of hydrogen-bond acceptors (Lipinski definition) is 4. The summed E-state index contributed by atoms with van der Waals surface area (Å²) in [4.78, 5) is 29.0. The van der Waals surface area contributed by atoms with Gasteiger partial charge in [-0.2, -0.15) is 0 Å². The van der Waals surface area contributed by atoms with Gasteiger partial charge in [-0.15, -0.1) is 0 Å². The Morgan fingerprint density at radius 3 is 2.00 bits per heavy atom. The second-order valence-corrected chi connectivity index (χ2v) is 5.51. The third-order valence-corrected chi connectivity index (χ3v) is 3.70. The minimum atomic E-state index is -0.924.